The smallest absolute Gasteiger partial charge is 0.292 e. The molecule has 1 aliphatic heterocycles. The summed E-state index contributed by atoms with van der Waals surface area (Å²) < 4.78 is 35.4. The van der Waals surface area contributed by atoms with Crippen LogP contribution in [-0.2, 0) is 26.0 Å². The Hall–Kier alpha value is -4.27. The van der Waals surface area contributed by atoms with Crippen LogP contribution in [0.25, 0.3) is 0 Å². The highest BCUT2D eigenvalue weighted by Gasteiger charge is 2.58. The molecule has 7 nitrogen and oxygen atoms in total. The molecule has 1 heterocycles. The van der Waals surface area contributed by atoms with Gasteiger partial charge in [-0.2, -0.15) is 4.31 Å². The molecule has 204 valence electrons. The van der Waals surface area contributed by atoms with Crippen LogP contribution >= 0.6 is 0 Å². The second-order valence-electron chi connectivity index (χ2n) is 10.0. The number of carbonyl (C=O) groups is 2. The predicted molar refractivity (Wildman–Crippen MR) is 152 cm³/mol. The topological polar surface area (TPSA) is 92.8 Å². The van der Waals surface area contributed by atoms with Crippen LogP contribution in [0.15, 0.2) is 120 Å². The highest BCUT2D eigenvalue weighted by molar-refractivity contribution is 7.89. The molecule has 0 aliphatic carbocycles. The van der Waals surface area contributed by atoms with Crippen molar-refractivity contribution < 1.29 is 22.7 Å². The van der Waals surface area contributed by atoms with Gasteiger partial charge in [0, 0.05) is 17.5 Å². The van der Waals surface area contributed by atoms with Crippen LogP contribution in [0.3, 0.4) is 0 Å². The maximum absolute atomic E-state index is 14.4. The number of hydrogen-bond donors (Lipinski definition) is 1. The molecule has 0 saturated carbocycles. The molecule has 2 unspecified atom stereocenters. The third-order valence-corrected chi connectivity index (χ3v) is 8.65. The Bertz CT molecular complexity index is 1590. The Labute approximate surface area is 234 Å². The third kappa shape index (κ3) is 5.28. The average molecular weight is 555 g/mol. The Balaban J connectivity index is 1.63. The van der Waals surface area contributed by atoms with Crippen molar-refractivity contribution in [2.75, 3.05) is 0 Å². The minimum Gasteiger partial charge on any atom is -0.317 e. The molecule has 1 aliphatic rings. The van der Waals surface area contributed by atoms with Gasteiger partial charge in [0.15, 0.2) is 6.23 Å². The van der Waals surface area contributed by atoms with E-state index in [1.807, 2.05) is 19.9 Å². The van der Waals surface area contributed by atoms with Crippen LogP contribution in [0.1, 0.15) is 53.0 Å². The standard InChI is InChI=1S/C32H30N2O5S/c1-23(2)25-18-20-28(21-19-25)40(37,38)34-30(27-16-10-5-11-17-27)39-32(31(34)36,22-24-12-6-3-7-13-24)33-29(35)26-14-8-4-9-15-26/h3-21,23,30H,22H2,1-2H3,(H,33,35). The number of ether oxygens (including phenoxy) is 1. The molecular formula is C32H30N2O5S. The normalized spacial score (nSPS) is 19.1. The van der Waals surface area contributed by atoms with E-state index >= 15 is 0 Å². The molecule has 1 saturated heterocycles. The highest BCUT2D eigenvalue weighted by Crippen LogP contribution is 2.42. The van der Waals surface area contributed by atoms with Crippen molar-refractivity contribution >= 4 is 21.8 Å². The fourth-order valence-corrected chi connectivity index (χ4v) is 6.23. The van der Waals surface area contributed by atoms with Crippen molar-refractivity contribution in [3.8, 4) is 0 Å². The minimum absolute atomic E-state index is 0.0420. The first-order valence-corrected chi connectivity index (χ1v) is 14.5. The summed E-state index contributed by atoms with van der Waals surface area (Å²) in [6, 6.07) is 32.6. The van der Waals surface area contributed by atoms with Crippen molar-refractivity contribution in [3.05, 3.63) is 138 Å². The van der Waals surface area contributed by atoms with Gasteiger partial charge >= 0.3 is 0 Å². The molecule has 0 spiro atoms. The van der Waals surface area contributed by atoms with Gasteiger partial charge in [-0.1, -0.05) is 105 Å². The van der Waals surface area contributed by atoms with Gasteiger partial charge in [0.1, 0.15) is 0 Å². The van der Waals surface area contributed by atoms with E-state index in [1.54, 1.807) is 97.1 Å². The molecule has 4 aromatic carbocycles. The largest absolute Gasteiger partial charge is 0.317 e. The molecule has 0 bridgehead atoms. The Kier molecular flexibility index (Phi) is 7.56. The zero-order chi connectivity index (χ0) is 28.3. The van der Waals surface area contributed by atoms with Crippen LogP contribution in [0, 0.1) is 0 Å². The van der Waals surface area contributed by atoms with Crippen molar-refractivity contribution in [1.82, 2.24) is 9.62 Å². The van der Waals surface area contributed by atoms with Crippen molar-refractivity contribution in [1.29, 1.82) is 0 Å². The summed E-state index contributed by atoms with van der Waals surface area (Å²) in [4.78, 5) is 27.7. The molecule has 4 aromatic rings. The van der Waals surface area contributed by atoms with Crippen molar-refractivity contribution in [2.45, 2.75) is 43.0 Å². The highest BCUT2D eigenvalue weighted by atomic mass is 32.2. The fraction of sp³-hybridized carbons (Fsp3) is 0.188. The summed E-state index contributed by atoms with van der Waals surface area (Å²) in [5.74, 6) is -1.23. The van der Waals surface area contributed by atoms with Gasteiger partial charge in [-0.05, 0) is 41.3 Å². The van der Waals surface area contributed by atoms with Gasteiger partial charge in [0.2, 0.25) is 5.72 Å². The number of nitrogens with one attached hydrogen (secondary N) is 1. The Morgan fingerprint density at radius 2 is 1.40 bits per heavy atom. The van der Waals surface area contributed by atoms with E-state index in [1.165, 1.54) is 12.1 Å². The van der Waals surface area contributed by atoms with E-state index in [-0.39, 0.29) is 17.2 Å². The summed E-state index contributed by atoms with van der Waals surface area (Å²) in [7, 11) is -4.38. The molecule has 0 radical (unpaired) electrons. The van der Waals surface area contributed by atoms with Crippen LogP contribution in [-0.4, -0.2) is 30.3 Å². The summed E-state index contributed by atoms with van der Waals surface area (Å²) in [6.45, 7) is 4.03. The van der Waals surface area contributed by atoms with Crippen LogP contribution in [0.5, 0.6) is 0 Å². The molecule has 1 fully saturated rings. The molecule has 2 amide bonds. The maximum Gasteiger partial charge on any atom is 0.292 e. The van der Waals surface area contributed by atoms with Crippen molar-refractivity contribution in [3.63, 3.8) is 0 Å². The Morgan fingerprint density at radius 1 is 0.850 bits per heavy atom. The first kappa shape index (κ1) is 27.3. The van der Waals surface area contributed by atoms with E-state index in [2.05, 4.69) is 5.32 Å². The second kappa shape index (κ2) is 11.1. The average Bonchev–Trinajstić information content (AvgIpc) is 3.26. The van der Waals surface area contributed by atoms with E-state index in [9.17, 15) is 18.0 Å². The summed E-state index contributed by atoms with van der Waals surface area (Å²) in [5, 5.41) is 2.77. The van der Waals surface area contributed by atoms with E-state index in [4.69, 9.17) is 4.74 Å². The molecule has 5 rings (SSSR count). The summed E-state index contributed by atoms with van der Waals surface area (Å²) >= 11 is 0. The lowest BCUT2D eigenvalue weighted by Crippen LogP contribution is -2.57. The van der Waals surface area contributed by atoms with E-state index in [0.29, 0.717) is 16.7 Å². The van der Waals surface area contributed by atoms with Crippen LogP contribution < -0.4 is 5.32 Å². The number of carbonyl (C=O) groups excluding carboxylic acids is 2. The lowest BCUT2D eigenvalue weighted by Gasteiger charge is -2.27. The summed E-state index contributed by atoms with van der Waals surface area (Å²) in [5.41, 5.74) is 0.447. The number of nitrogens with zero attached hydrogens (tertiary/aromatic N) is 1. The lowest BCUT2D eigenvalue weighted by atomic mass is 10.0. The van der Waals surface area contributed by atoms with Crippen LogP contribution in [0.2, 0.25) is 0 Å². The lowest BCUT2D eigenvalue weighted by molar-refractivity contribution is -0.138. The second-order valence-corrected chi connectivity index (χ2v) is 11.8. The predicted octanol–water partition coefficient (Wildman–Crippen LogP) is 5.43. The minimum atomic E-state index is -4.38. The van der Waals surface area contributed by atoms with Gasteiger partial charge < -0.3 is 10.1 Å². The van der Waals surface area contributed by atoms with Gasteiger partial charge in [-0.3, -0.25) is 9.59 Å². The third-order valence-electron chi connectivity index (χ3n) is 6.91. The maximum atomic E-state index is 14.4. The first-order valence-electron chi connectivity index (χ1n) is 13.0. The summed E-state index contributed by atoms with van der Waals surface area (Å²) in [6.07, 6.45) is -1.38. The van der Waals surface area contributed by atoms with E-state index < -0.39 is 33.8 Å². The number of rotatable bonds is 8. The van der Waals surface area contributed by atoms with Crippen LogP contribution in [0.4, 0.5) is 0 Å². The molecule has 1 N–H and O–H groups in total. The quantitative estimate of drug-likeness (QED) is 0.314. The zero-order valence-corrected chi connectivity index (χ0v) is 23.0. The molecule has 0 aromatic heterocycles. The van der Waals surface area contributed by atoms with E-state index in [0.717, 1.165) is 9.87 Å². The van der Waals surface area contributed by atoms with Crippen molar-refractivity contribution in [2.24, 2.45) is 0 Å². The Morgan fingerprint density at radius 3 is 1.98 bits per heavy atom. The zero-order valence-electron chi connectivity index (χ0n) is 22.2. The number of hydrogen-bond acceptors (Lipinski definition) is 5. The van der Waals surface area contributed by atoms with Gasteiger partial charge in [0.25, 0.3) is 21.8 Å². The molecule has 40 heavy (non-hydrogen) atoms. The number of benzene rings is 4. The van der Waals surface area contributed by atoms with Gasteiger partial charge in [-0.25, -0.2) is 8.42 Å². The van der Waals surface area contributed by atoms with Gasteiger partial charge in [-0.15, -0.1) is 0 Å². The molecular weight excluding hydrogens is 524 g/mol. The fourth-order valence-electron chi connectivity index (χ4n) is 4.74. The number of sulfonamides is 1. The monoisotopic (exact) mass is 554 g/mol. The number of amides is 2. The molecule has 2 atom stereocenters. The SMILES string of the molecule is CC(C)c1ccc(S(=O)(=O)N2C(=O)C(Cc3ccccc3)(NC(=O)c3ccccc3)OC2c2ccccc2)cc1. The molecule has 8 heteroatoms. The first-order chi connectivity index (χ1) is 19.2. The van der Waals surface area contributed by atoms with Gasteiger partial charge in [0.05, 0.1) is 4.90 Å².